The number of piperidine rings is 1. The van der Waals surface area contributed by atoms with Gasteiger partial charge in [-0.3, -0.25) is 9.69 Å². The van der Waals surface area contributed by atoms with Crippen molar-refractivity contribution in [3.63, 3.8) is 0 Å². The fraction of sp³-hybridized carbons (Fsp3) is 0.421. The van der Waals surface area contributed by atoms with E-state index in [0.29, 0.717) is 29.2 Å². The molecule has 0 aliphatic carbocycles. The van der Waals surface area contributed by atoms with Crippen LogP contribution < -0.4 is 5.32 Å². The highest BCUT2D eigenvalue weighted by Gasteiger charge is 2.31. The van der Waals surface area contributed by atoms with Gasteiger partial charge in [0.05, 0.1) is 11.1 Å². The van der Waals surface area contributed by atoms with Crippen molar-refractivity contribution in [2.24, 2.45) is 0 Å². The molecule has 1 fully saturated rings. The van der Waals surface area contributed by atoms with E-state index in [4.69, 9.17) is 11.6 Å². The number of carbonyl (C=O) groups is 1. The molecule has 0 spiro atoms. The molecule has 2 heterocycles. The van der Waals surface area contributed by atoms with Crippen molar-refractivity contribution in [1.29, 1.82) is 0 Å². The molecule has 27 heavy (non-hydrogen) atoms. The number of likely N-dealkylation sites (tertiary alicyclic amines) is 1. The molecule has 0 saturated carbocycles. The van der Waals surface area contributed by atoms with Gasteiger partial charge < -0.3 is 10.3 Å². The van der Waals surface area contributed by atoms with E-state index < -0.39 is 11.7 Å². The van der Waals surface area contributed by atoms with E-state index in [0.717, 1.165) is 37.2 Å². The normalized spacial score (nSPS) is 18.5. The standard InChI is InChI=1S/C19H21ClF3N3O/c1-24-18(27)15-6-7-25-17(15)12-3-2-8-26(10-12)11-13-9-14(19(21,22)23)4-5-16(13)20/h4-7,9,12,25H,2-3,8,10-11H2,1H3,(H,24,27). The number of nitrogens with one attached hydrogen (secondary N) is 2. The minimum Gasteiger partial charge on any atom is -0.364 e. The molecule has 3 rings (SSSR count). The zero-order valence-electron chi connectivity index (χ0n) is 14.9. The van der Waals surface area contributed by atoms with Gasteiger partial charge >= 0.3 is 6.18 Å². The Hall–Kier alpha value is -1.99. The lowest BCUT2D eigenvalue weighted by molar-refractivity contribution is -0.137. The molecule has 1 aliphatic rings. The zero-order chi connectivity index (χ0) is 19.6. The Labute approximate surface area is 160 Å². The second-order valence-corrected chi connectivity index (χ2v) is 7.17. The quantitative estimate of drug-likeness (QED) is 0.799. The largest absolute Gasteiger partial charge is 0.416 e. The van der Waals surface area contributed by atoms with Crippen LogP contribution in [-0.2, 0) is 12.7 Å². The number of amides is 1. The van der Waals surface area contributed by atoms with Crippen molar-refractivity contribution in [3.05, 3.63) is 57.9 Å². The molecule has 0 bridgehead atoms. The van der Waals surface area contributed by atoms with Crippen LogP contribution in [0.1, 0.15) is 45.9 Å². The van der Waals surface area contributed by atoms with E-state index in [1.165, 1.54) is 6.07 Å². The molecular weight excluding hydrogens is 379 g/mol. The van der Waals surface area contributed by atoms with E-state index in [-0.39, 0.29) is 11.8 Å². The van der Waals surface area contributed by atoms with Gasteiger partial charge in [0, 0.05) is 43.0 Å². The summed E-state index contributed by atoms with van der Waals surface area (Å²) in [6.45, 7) is 1.77. The first-order valence-electron chi connectivity index (χ1n) is 8.77. The molecule has 0 radical (unpaired) electrons. The number of aromatic nitrogens is 1. The van der Waals surface area contributed by atoms with Gasteiger partial charge in [0.1, 0.15) is 0 Å². The van der Waals surface area contributed by atoms with Crippen LogP contribution in [0.2, 0.25) is 5.02 Å². The summed E-state index contributed by atoms with van der Waals surface area (Å²) in [5, 5.41) is 2.96. The van der Waals surface area contributed by atoms with Gasteiger partial charge in [-0.25, -0.2) is 0 Å². The second kappa shape index (κ2) is 7.94. The number of alkyl halides is 3. The Morgan fingerprint density at radius 3 is 2.85 bits per heavy atom. The van der Waals surface area contributed by atoms with Crippen LogP contribution in [0.5, 0.6) is 0 Å². The van der Waals surface area contributed by atoms with Crippen molar-refractivity contribution in [1.82, 2.24) is 15.2 Å². The van der Waals surface area contributed by atoms with Gasteiger partial charge in [0.2, 0.25) is 0 Å². The molecule has 1 saturated heterocycles. The Morgan fingerprint density at radius 1 is 1.37 bits per heavy atom. The number of hydrogen-bond donors (Lipinski definition) is 2. The lowest BCUT2D eigenvalue weighted by atomic mass is 9.92. The van der Waals surface area contributed by atoms with Gasteiger partial charge in [-0.15, -0.1) is 0 Å². The van der Waals surface area contributed by atoms with Crippen LogP contribution in [0, 0.1) is 0 Å². The number of H-pyrrole nitrogens is 1. The second-order valence-electron chi connectivity index (χ2n) is 6.76. The molecule has 1 aromatic carbocycles. The molecule has 1 amide bonds. The molecule has 1 atom stereocenters. The Bertz CT molecular complexity index is 819. The predicted molar refractivity (Wildman–Crippen MR) is 97.9 cm³/mol. The van der Waals surface area contributed by atoms with Crippen LogP contribution in [0.4, 0.5) is 13.2 Å². The number of hydrogen-bond acceptors (Lipinski definition) is 2. The molecule has 8 heteroatoms. The van der Waals surface area contributed by atoms with E-state index in [1.807, 2.05) is 0 Å². The molecule has 1 aromatic heterocycles. The SMILES string of the molecule is CNC(=O)c1cc[nH]c1C1CCCN(Cc2cc(C(F)(F)F)ccc2Cl)C1. The summed E-state index contributed by atoms with van der Waals surface area (Å²) in [4.78, 5) is 17.3. The summed E-state index contributed by atoms with van der Waals surface area (Å²) in [5.41, 5.74) is 1.25. The summed E-state index contributed by atoms with van der Waals surface area (Å²) in [5.74, 6) is -0.0325. The van der Waals surface area contributed by atoms with Gasteiger partial charge in [-0.05, 0) is 49.2 Å². The van der Waals surface area contributed by atoms with E-state index in [1.54, 1.807) is 19.3 Å². The van der Waals surface area contributed by atoms with Gasteiger partial charge in [-0.2, -0.15) is 13.2 Å². The third-order valence-corrected chi connectivity index (χ3v) is 5.30. The molecule has 1 aliphatic heterocycles. The maximum atomic E-state index is 13.0. The first-order chi connectivity index (χ1) is 12.8. The summed E-state index contributed by atoms with van der Waals surface area (Å²) in [6, 6.07) is 5.17. The van der Waals surface area contributed by atoms with Crippen molar-refractivity contribution in [2.45, 2.75) is 31.5 Å². The minimum atomic E-state index is -4.39. The van der Waals surface area contributed by atoms with Crippen LogP contribution >= 0.6 is 11.6 Å². The summed E-state index contributed by atoms with van der Waals surface area (Å²) >= 11 is 6.13. The lowest BCUT2D eigenvalue weighted by Gasteiger charge is -2.33. The fourth-order valence-corrected chi connectivity index (χ4v) is 3.78. The van der Waals surface area contributed by atoms with Crippen molar-refractivity contribution < 1.29 is 18.0 Å². The zero-order valence-corrected chi connectivity index (χ0v) is 15.6. The van der Waals surface area contributed by atoms with Crippen molar-refractivity contribution in [3.8, 4) is 0 Å². The first-order valence-corrected chi connectivity index (χ1v) is 9.14. The Morgan fingerprint density at radius 2 is 2.15 bits per heavy atom. The molecule has 1 unspecified atom stereocenters. The van der Waals surface area contributed by atoms with Gasteiger partial charge in [0.25, 0.3) is 5.91 Å². The average Bonchev–Trinajstić information content (AvgIpc) is 3.12. The third kappa shape index (κ3) is 4.47. The fourth-order valence-electron chi connectivity index (χ4n) is 3.60. The number of halogens is 4. The average molecular weight is 400 g/mol. The lowest BCUT2D eigenvalue weighted by Crippen LogP contribution is -2.35. The Balaban J connectivity index is 1.76. The smallest absolute Gasteiger partial charge is 0.364 e. The first kappa shape index (κ1) is 19.8. The number of nitrogens with zero attached hydrogens (tertiary/aromatic N) is 1. The van der Waals surface area contributed by atoms with Gasteiger partial charge in [0.15, 0.2) is 0 Å². The topological polar surface area (TPSA) is 48.1 Å². The predicted octanol–water partition coefficient (Wildman–Crippen LogP) is 4.43. The molecule has 146 valence electrons. The van der Waals surface area contributed by atoms with Crippen LogP contribution in [0.3, 0.4) is 0 Å². The van der Waals surface area contributed by atoms with Gasteiger partial charge in [-0.1, -0.05) is 11.6 Å². The van der Waals surface area contributed by atoms with E-state index in [9.17, 15) is 18.0 Å². The highest BCUT2D eigenvalue weighted by atomic mass is 35.5. The summed E-state index contributed by atoms with van der Waals surface area (Å²) in [7, 11) is 1.59. The number of rotatable bonds is 4. The highest BCUT2D eigenvalue weighted by Crippen LogP contribution is 2.34. The van der Waals surface area contributed by atoms with E-state index in [2.05, 4.69) is 15.2 Å². The maximum absolute atomic E-state index is 13.0. The van der Waals surface area contributed by atoms with E-state index >= 15 is 0 Å². The molecular formula is C19H21ClF3N3O. The number of aromatic amines is 1. The van der Waals surface area contributed by atoms with Crippen LogP contribution in [0.15, 0.2) is 30.5 Å². The molecule has 4 nitrogen and oxygen atoms in total. The number of benzene rings is 1. The van der Waals surface area contributed by atoms with Crippen LogP contribution in [0.25, 0.3) is 0 Å². The maximum Gasteiger partial charge on any atom is 0.416 e. The minimum absolute atomic E-state index is 0.116. The molecule has 2 N–H and O–H groups in total. The third-order valence-electron chi connectivity index (χ3n) is 4.93. The highest BCUT2D eigenvalue weighted by molar-refractivity contribution is 6.31. The number of carbonyl (C=O) groups excluding carboxylic acids is 1. The molecule has 2 aromatic rings. The van der Waals surface area contributed by atoms with Crippen LogP contribution in [-0.4, -0.2) is 35.9 Å². The summed E-state index contributed by atoms with van der Waals surface area (Å²) < 4.78 is 38.9. The monoisotopic (exact) mass is 399 g/mol. The Kier molecular flexibility index (Phi) is 5.81. The van der Waals surface area contributed by atoms with Crippen molar-refractivity contribution >= 4 is 17.5 Å². The summed E-state index contributed by atoms with van der Waals surface area (Å²) in [6.07, 6.45) is -0.844. The van der Waals surface area contributed by atoms with Crippen molar-refractivity contribution in [2.75, 3.05) is 20.1 Å².